The van der Waals surface area contributed by atoms with Crippen molar-refractivity contribution in [3.05, 3.63) is 24.7 Å². The molecule has 4 atom stereocenters. The number of hydrogen-bond acceptors (Lipinski definition) is 10. The number of piperidine rings is 2. The van der Waals surface area contributed by atoms with Gasteiger partial charge in [0.15, 0.2) is 5.82 Å². The van der Waals surface area contributed by atoms with Crippen LogP contribution in [-0.4, -0.2) is 106 Å². The van der Waals surface area contributed by atoms with Crippen LogP contribution in [0, 0.1) is 5.92 Å². The largest absolute Gasteiger partial charge is 0.477 e. The molecule has 15 heteroatoms. The van der Waals surface area contributed by atoms with E-state index in [-0.39, 0.29) is 42.7 Å². The summed E-state index contributed by atoms with van der Waals surface area (Å²) in [6.45, 7) is 2.83. The first-order chi connectivity index (χ1) is 19.6. The zero-order valence-electron chi connectivity index (χ0n) is 23.3. The molecule has 3 amide bonds. The summed E-state index contributed by atoms with van der Waals surface area (Å²) >= 11 is 0. The van der Waals surface area contributed by atoms with Gasteiger partial charge in [-0.2, -0.15) is 4.98 Å². The number of amides is 3. The molecule has 0 bridgehead atoms. The third kappa shape index (κ3) is 6.39. The molecule has 2 aromatic heterocycles. The second-order valence-corrected chi connectivity index (χ2v) is 10.6. The van der Waals surface area contributed by atoms with Crippen molar-refractivity contribution in [2.45, 2.75) is 56.7 Å². The van der Waals surface area contributed by atoms with Crippen LogP contribution in [0.15, 0.2) is 24.7 Å². The smallest absolute Gasteiger partial charge is 0.414 e. The molecule has 1 aliphatic carbocycles. The molecule has 1 saturated carbocycles. The predicted octanol–water partition coefficient (Wildman–Crippen LogP) is 2.61. The Bertz CT molecular complexity index is 1240. The molecule has 41 heavy (non-hydrogen) atoms. The van der Waals surface area contributed by atoms with E-state index in [1.807, 2.05) is 0 Å². The summed E-state index contributed by atoms with van der Waals surface area (Å²) in [5.74, 6) is -2.23. The van der Waals surface area contributed by atoms with Crippen molar-refractivity contribution >= 4 is 23.9 Å². The second-order valence-electron chi connectivity index (χ2n) is 10.6. The molecular weight excluding hydrogens is 540 g/mol. The molecule has 2 saturated heterocycles. The van der Waals surface area contributed by atoms with Crippen molar-refractivity contribution < 1.29 is 27.8 Å². The lowest BCUT2D eigenvalue weighted by Gasteiger charge is -2.50. The van der Waals surface area contributed by atoms with Gasteiger partial charge >= 0.3 is 12.1 Å². The number of urea groups is 1. The van der Waals surface area contributed by atoms with Gasteiger partial charge in [0.25, 0.3) is 5.92 Å². The third-order valence-electron chi connectivity index (χ3n) is 8.11. The van der Waals surface area contributed by atoms with E-state index in [1.165, 1.54) is 31.7 Å². The van der Waals surface area contributed by atoms with Crippen molar-refractivity contribution in [3.63, 3.8) is 0 Å². The number of nitrogens with one attached hydrogen (secondary N) is 2. The summed E-state index contributed by atoms with van der Waals surface area (Å²) in [5.41, 5.74) is 0. The number of fused-ring (bicyclic) bond motifs is 1. The standard InChI is InChI=1S/C26H35F2N9O4/c1-4-40-22-14-30-20(13-31-22)33-24(38)36(3)19-15-37(12-9-26(19,27)28)23-29-10-7-21(34-23)41-25(39)32-17-8-11-35(2)18-6-5-16(17)18/h7,10,13-14,16-19H,4-6,8-9,11-12,15H2,1-3H3,(H,32,39)(H,30,33,38)/t16-,17?,18+,19-/m0/s1. The molecular formula is C26H35F2N9O4. The fraction of sp³-hybridized carbons (Fsp3) is 0.615. The van der Waals surface area contributed by atoms with Gasteiger partial charge in [0.2, 0.25) is 17.7 Å². The topological polar surface area (TPSA) is 138 Å². The Hall–Kier alpha value is -3.88. The van der Waals surface area contributed by atoms with E-state index in [0.717, 1.165) is 30.7 Å². The number of anilines is 2. The first-order valence-electron chi connectivity index (χ1n) is 13.8. The maximum atomic E-state index is 15.0. The normalized spacial score (nSPS) is 25.3. The quantitative estimate of drug-likeness (QED) is 0.507. The summed E-state index contributed by atoms with van der Waals surface area (Å²) in [4.78, 5) is 46.8. The Morgan fingerprint density at radius 2 is 1.98 bits per heavy atom. The van der Waals surface area contributed by atoms with Crippen LogP contribution in [0.2, 0.25) is 0 Å². The summed E-state index contributed by atoms with van der Waals surface area (Å²) in [6, 6.07) is -0.286. The monoisotopic (exact) mass is 575 g/mol. The molecule has 4 heterocycles. The predicted molar refractivity (Wildman–Crippen MR) is 144 cm³/mol. The first kappa shape index (κ1) is 28.6. The Morgan fingerprint density at radius 3 is 2.68 bits per heavy atom. The van der Waals surface area contributed by atoms with Gasteiger partial charge in [-0.15, -0.1) is 0 Å². The molecule has 0 radical (unpaired) electrons. The number of hydrogen-bond donors (Lipinski definition) is 2. The Balaban J connectivity index is 1.20. The first-order valence-corrected chi connectivity index (χ1v) is 13.8. The number of carbonyl (C=O) groups is 2. The van der Waals surface area contributed by atoms with Crippen LogP contribution >= 0.6 is 0 Å². The van der Waals surface area contributed by atoms with E-state index < -0.39 is 30.5 Å². The zero-order valence-corrected chi connectivity index (χ0v) is 23.3. The summed E-state index contributed by atoms with van der Waals surface area (Å²) in [7, 11) is 3.40. The van der Waals surface area contributed by atoms with Crippen molar-refractivity contribution in [3.8, 4) is 11.8 Å². The van der Waals surface area contributed by atoms with Crippen LogP contribution in [0.1, 0.15) is 32.6 Å². The highest BCUT2D eigenvalue weighted by Gasteiger charge is 2.48. The molecule has 0 spiro atoms. The van der Waals surface area contributed by atoms with Crippen LogP contribution < -0.4 is 25.0 Å². The van der Waals surface area contributed by atoms with E-state index >= 15 is 0 Å². The van der Waals surface area contributed by atoms with Gasteiger partial charge in [0, 0.05) is 57.4 Å². The van der Waals surface area contributed by atoms with Gasteiger partial charge in [-0.1, -0.05) is 0 Å². The zero-order chi connectivity index (χ0) is 29.1. The van der Waals surface area contributed by atoms with Crippen LogP contribution in [-0.2, 0) is 0 Å². The minimum Gasteiger partial charge on any atom is -0.477 e. The number of likely N-dealkylation sites (tertiary alicyclic amines) is 1. The second kappa shape index (κ2) is 11.9. The van der Waals surface area contributed by atoms with Crippen molar-refractivity contribution in [1.82, 2.24) is 35.1 Å². The molecule has 2 N–H and O–H groups in total. The minimum absolute atomic E-state index is 0.0136. The molecule has 0 aromatic carbocycles. The van der Waals surface area contributed by atoms with Gasteiger partial charge in [-0.25, -0.2) is 33.3 Å². The lowest BCUT2D eigenvalue weighted by Crippen LogP contribution is -2.60. The number of nitrogens with zero attached hydrogens (tertiary/aromatic N) is 7. The van der Waals surface area contributed by atoms with E-state index in [2.05, 4.69) is 42.5 Å². The van der Waals surface area contributed by atoms with Crippen molar-refractivity contribution in [1.29, 1.82) is 0 Å². The average Bonchev–Trinajstić information content (AvgIpc) is 2.91. The fourth-order valence-corrected chi connectivity index (χ4v) is 5.66. The van der Waals surface area contributed by atoms with Crippen LogP contribution in [0.3, 0.4) is 0 Å². The maximum Gasteiger partial charge on any atom is 0.414 e. The van der Waals surface area contributed by atoms with Crippen LogP contribution in [0.5, 0.6) is 11.8 Å². The van der Waals surface area contributed by atoms with E-state index in [4.69, 9.17) is 9.47 Å². The lowest BCUT2D eigenvalue weighted by molar-refractivity contribution is -0.0760. The summed E-state index contributed by atoms with van der Waals surface area (Å²) < 4.78 is 40.6. The Kier molecular flexibility index (Phi) is 8.33. The molecule has 2 aliphatic heterocycles. The average molecular weight is 576 g/mol. The van der Waals surface area contributed by atoms with Gasteiger partial charge in [-0.05, 0) is 39.2 Å². The van der Waals surface area contributed by atoms with E-state index in [1.54, 1.807) is 11.8 Å². The number of aromatic nitrogens is 4. The minimum atomic E-state index is -3.16. The Labute approximate surface area is 236 Å². The van der Waals surface area contributed by atoms with Crippen molar-refractivity contribution in [2.24, 2.45) is 5.92 Å². The fourth-order valence-electron chi connectivity index (χ4n) is 5.66. The maximum absolute atomic E-state index is 15.0. The van der Waals surface area contributed by atoms with Gasteiger partial charge in [-0.3, -0.25) is 5.32 Å². The molecule has 2 aromatic rings. The third-order valence-corrected chi connectivity index (χ3v) is 8.11. The molecule has 13 nitrogen and oxygen atoms in total. The number of ether oxygens (including phenoxy) is 2. The van der Waals surface area contributed by atoms with Crippen molar-refractivity contribution in [2.75, 3.05) is 50.6 Å². The van der Waals surface area contributed by atoms with Crippen LogP contribution in [0.4, 0.5) is 30.1 Å². The van der Waals surface area contributed by atoms with E-state index in [0.29, 0.717) is 18.6 Å². The van der Waals surface area contributed by atoms with Gasteiger partial charge in [0.05, 0.1) is 19.0 Å². The number of carbonyl (C=O) groups excluding carboxylic acids is 2. The number of likely N-dealkylation sites (N-methyl/N-ethyl adjacent to an activating group) is 1. The van der Waals surface area contributed by atoms with Crippen LogP contribution in [0.25, 0.3) is 0 Å². The Morgan fingerprint density at radius 1 is 1.15 bits per heavy atom. The molecule has 222 valence electrons. The molecule has 1 unspecified atom stereocenters. The lowest BCUT2D eigenvalue weighted by atomic mass is 9.70. The van der Waals surface area contributed by atoms with Gasteiger partial charge in [0.1, 0.15) is 6.04 Å². The SMILES string of the molecule is CCOc1cnc(NC(=O)N(C)[C@H]2CN(c3nccc(OC(=O)NC4CCN(C)[C@@H]5CC[C@@H]45)n3)CCC2(F)F)cn1. The van der Waals surface area contributed by atoms with Gasteiger partial charge < -0.3 is 29.5 Å². The number of alkyl halides is 2. The highest BCUT2D eigenvalue weighted by atomic mass is 19.3. The molecule has 5 rings (SSSR count). The summed E-state index contributed by atoms with van der Waals surface area (Å²) in [5, 5.41) is 5.45. The molecule has 3 aliphatic rings. The highest BCUT2D eigenvalue weighted by Crippen LogP contribution is 2.38. The molecule has 3 fully saturated rings. The van der Waals surface area contributed by atoms with E-state index in [9.17, 15) is 18.4 Å². The highest BCUT2D eigenvalue weighted by molar-refractivity contribution is 5.88. The number of rotatable bonds is 7. The number of halogens is 2. The summed E-state index contributed by atoms with van der Waals surface area (Å²) in [6.07, 6.45) is 5.94.